The summed E-state index contributed by atoms with van der Waals surface area (Å²) in [6.45, 7) is 0. The summed E-state index contributed by atoms with van der Waals surface area (Å²) in [5.74, 6) is 0. The van der Waals surface area contributed by atoms with E-state index in [1.165, 1.54) is 23.5 Å². The summed E-state index contributed by atoms with van der Waals surface area (Å²) >= 11 is 1.35. The summed E-state index contributed by atoms with van der Waals surface area (Å²) in [6, 6.07) is 22.3. The number of nitrogens with one attached hydrogen (secondary N) is 1. The molecule has 1 aromatic heterocycles. The fraction of sp³-hybridized carbons (Fsp3) is 0. The van der Waals surface area contributed by atoms with Crippen LogP contribution in [0.1, 0.15) is 5.01 Å². The van der Waals surface area contributed by atoms with Gasteiger partial charge >= 0.3 is 0 Å². The van der Waals surface area contributed by atoms with Crippen molar-refractivity contribution in [2.75, 3.05) is 5.32 Å². The smallest absolute Gasteiger partial charge is 0.269 e. The van der Waals surface area contributed by atoms with Crippen molar-refractivity contribution in [3.63, 3.8) is 0 Å². The van der Waals surface area contributed by atoms with E-state index in [1.807, 2.05) is 47.8 Å². The average molecular weight is 398 g/mol. The SMILES string of the molecule is N#C/C(=C\Nc1cccc2ccccc12)c1nc(-c2ccc([N+](=O)[O-])cc2)cs1. The summed E-state index contributed by atoms with van der Waals surface area (Å²) in [5, 5.41) is 28.2. The number of nitriles is 1. The number of thiazole rings is 1. The first kappa shape index (κ1) is 18.3. The number of aromatic nitrogens is 1. The predicted octanol–water partition coefficient (Wildman–Crippen LogP) is 5.85. The van der Waals surface area contributed by atoms with Crippen molar-refractivity contribution in [1.29, 1.82) is 5.26 Å². The lowest BCUT2D eigenvalue weighted by atomic mass is 10.1. The number of hydrogen-bond donors (Lipinski definition) is 1. The Kier molecular flexibility index (Phi) is 5.01. The Hall–Kier alpha value is -4.02. The first-order chi connectivity index (χ1) is 14.2. The fourth-order valence-corrected chi connectivity index (χ4v) is 3.72. The molecule has 0 unspecified atom stereocenters. The zero-order valence-electron chi connectivity index (χ0n) is 15.1. The average Bonchev–Trinajstić information content (AvgIpc) is 3.24. The quantitative estimate of drug-likeness (QED) is 0.259. The number of nitrogens with zero attached hydrogens (tertiary/aromatic N) is 3. The molecule has 0 bridgehead atoms. The molecule has 6 nitrogen and oxygen atoms in total. The zero-order chi connectivity index (χ0) is 20.2. The minimum atomic E-state index is -0.439. The van der Waals surface area contributed by atoms with E-state index < -0.39 is 4.92 Å². The Morgan fingerprint density at radius 2 is 1.86 bits per heavy atom. The van der Waals surface area contributed by atoms with Gasteiger partial charge < -0.3 is 5.32 Å². The number of benzene rings is 3. The molecule has 0 aliphatic heterocycles. The number of nitro benzene ring substituents is 1. The molecule has 0 saturated heterocycles. The highest BCUT2D eigenvalue weighted by atomic mass is 32.1. The normalized spacial score (nSPS) is 11.2. The lowest BCUT2D eigenvalue weighted by Crippen LogP contribution is -1.92. The summed E-state index contributed by atoms with van der Waals surface area (Å²) in [6.07, 6.45) is 1.65. The van der Waals surface area contributed by atoms with Crippen LogP contribution in [0.4, 0.5) is 11.4 Å². The van der Waals surface area contributed by atoms with Gasteiger partial charge in [0.1, 0.15) is 16.6 Å². The molecule has 0 fully saturated rings. The highest BCUT2D eigenvalue weighted by Crippen LogP contribution is 2.28. The van der Waals surface area contributed by atoms with E-state index in [9.17, 15) is 15.4 Å². The Bertz CT molecular complexity index is 1260. The van der Waals surface area contributed by atoms with Gasteiger partial charge in [-0.1, -0.05) is 36.4 Å². The topological polar surface area (TPSA) is 91.8 Å². The summed E-state index contributed by atoms with van der Waals surface area (Å²) in [4.78, 5) is 14.9. The van der Waals surface area contributed by atoms with Crippen molar-refractivity contribution >= 4 is 39.1 Å². The van der Waals surface area contributed by atoms with Crippen molar-refractivity contribution in [2.24, 2.45) is 0 Å². The number of anilines is 1. The minimum Gasteiger partial charge on any atom is -0.360 e. The molecule has 0 amide bonds. The van der Waals surface area contributed by atoms with Gasteiger partial charge in [0.05, 0.1) is 10.6 Å². The largest absolute Gasteiger partial charge is 0.360 e. The van der Waals surface area contributed by atoms with Crippen LogP contribution in [-0.4, -0.2) is 9.91 Å². The second-order valence-corrected chi connectivity index (χ2v) is 7.04. The number of rotatable bonds is 5. The van der Waals surface area contributed by atoms with Crippen LogP contribution in [0.25, 0.3) is 27.6 Å². The molecule has 0 saturated carbocycles. The number of fused-ring (bicyclic) bond motifs is 1. The van der Waals surface area contributed by atoms with Crippen molar-refractivity contribution < 1.29 is 4.92 Å². The maximum Gasteiger partial charge on any atom is 0.269 e. The van der Waals surface area contributed by atoms with Crippen molar-refractivity contribution in [2.45, 2.75) is 0 Å². The third-order valence-corrected chi connectivity index (χ3v) is 5.27. The van der Waals surface area contributed by atoms with Crippen LogP contribution in [0.3, 0.4) is 0 Å². The Morgan fingerprint density at radius 1 is 1.10 bits per heavy atom. The molecule has 4 rings (SSSR count). The maximum atomic E-state index is 10.8. The molecule has 4 aromatic rings. The lowest BCUT2D eigenvalue weighted by molar-refractivity contribution is -0.384. The van der Waals surface area contributed by atoms with E-state index in [-0.39, 0.29) is 5.69 Å². The molecule has 1 N–H and O–H groups in total. The van der Waals surface area contributed by atoms with E-state index >= 15 is 0 Å². The minimum absolute atomic E-state index is 0.0288. The summed E-state index contributed by atoms with van der Waals surface area (Å²) in [7, 11) is 0. The van der Waals surface area contributed by atoms with Gasteiger partial charge in [0.15, 0.2) is 0 Å². The molecule has 29 heavy (non-hydrogen) atoms. The molecule has 0 spiro atoms. The number of nitro groups is 1. The molecule has 3 aromatic carbocycles. The molecule has 0 radical (unpaired) electrons. The van der Waals surface area contributed by atoms with Gasteiger partial charge in [-0.25, -0.2) is 4.98 Å². The Morgan fingerprint density at radius 3 is 2.62 bits per heavy atom. The molecule has 0 aliphatic carbocycles. The Balaban J connectivity index is 1.60. The van der Waals surface area contributed by atoms with Gasteiger partial charge in [0.25, 0.3) is 5.69 Å². The number of non-ortho nitro benzene ring substituents is 1. The first-order valence-electron chi connectivity index (χ1n) is 8.71. The van der Waals surface area contributed by atoms with Crippen LogP contribution < -0.4 is 5.32 Å². The van der Waals surface area contributed by atoms with Gasteiger partial charge in [-0.2, -0.15) is 5.26 Å². The van der Waals surface area contributed by atoms with Gasteiger partial charge in [-0.15, -0.1) is 11.3 Å². The monoisotopic (exact) mass is 398 g/mol. The van der Waals surface area contributed by atoms with Gasteiger partial charge in [-0.3, -0.25) is 10.1 Å². The van der Waals surface area contributed by atoms with Crippen molar-refractivity contribution in [3.05, 3.63) is 93.4 Å². The second kappa shape index (κ2) is 7.92. The molecule has 140 valence electrons. The number of allylic oxidation sites excluding steroid dienone is 1. The highest BCUT2D eigenvalue weighted by molar-refractivity contribution is 7.11. The van der Waals surface area contributed by atoms with Crippen LogP contribution in [0.15, 0.2) is 78.3 Å². The summed E-state index contributed by atoms with van der Waals surface area (Å²) in [5.41, 5.74) is 2.78. The maximum absolute atomic E-state index is 10.8. The molecular formula is C22H14N4O2S. The van der Waals surface area contributed by atoms with Crippen LogP contribution >= 0.6 is 11.3 Å². The van der Waals surface area contributed by atoms with E-state index in [2.05, 4.69) is 16.4 Å². The third-order valence-electron chi connectivity index (χ3n) is 4.39. The standard InChI is InChI=1S/C22H14N4O2S/c23-12-17(13-24-20-7-3-5-15-4-1-2-6-19(15)20)22-25-21(14-29-22)16-8-10-18(11-9-16)26(27)28/h1-11,13-14,24H/b17-13+. The summed E-state index contributed by atoms with van der Waals surface area (Å²) < 4.78 is 0. The highest BCUT2D eigenvalue weighted by Gasteiger charge is 2.11. The predicted molar refractivity (Wildman–Crippen MR) is 115 cm³/mol. The van der Waals surface area contributed by atoms with Crippen LogP contribution in [0.5, 0.6) is 0 Å². The second-order valence-electron chi connectivity index (χ2n) is 6.18. The lowest BCUT2D eigenvalue weighted by Gasteiger charge is -2.06. The van der Waals surface area contributed by atoms with E-state index in [0.717, 1.165) is 22.0 Å². The molecule has 1 heterocycles. The molecular weight excluding hydrogens is 384 g/mol. The van der Waals surface area contributed by atoms with Gasteiger partial charge in [0.2, 0.25) is 0 Å². The first-order valence-corrected chi connectivity index (χ1v) is 9.59. The van der Waals surface area contributed by atoms with Crippen molar-refractivity contribution in [3.8, 4) is 17.3 Å². The van der Waals surface area contributed by atoms with E-state index in [0.29, 0.717) is 16.3 Å². The fourth-order valence-electron chi connectivity index (χ4n) is 2.93. The van der Waals surface area contributed by atoms with Crippen LogP contribution in [-0.2, 0) is 0 Å². The molecule has 7 heteroatoms. The molecule has 0 aliphatic rings. The number of hydrogen-bond acceptors (Lipinski definition) is 6. The Labute approximate surface area is 170 Å². The van der Waals surface area contributed by atoms with Gasteiger partial charge in [-0.05, 0) is 23.6 Å². The van der Waals surface area contributed by atoms with E-state index in [4.69, 9.17) is 0 Å². The van der Waals surface area contributed by atoms with Crippen LogP contribution in [0.2, 0.25) is 0 Å². The van der Waals surface area contributed by atoms with Crippen LogP contribution in [0, 0.1) is 21.4 Å². The van der Waals surface area contributed by atoms with Gasteiger partial charge in [0, 0.05) is 40.3 Å². The third kappa shape index (κ3) is 3.83. The zero-order valence-corrected chi connectivity index (χ0v) is 15.9. The van der Waals surface area contributed by atoms with Crippen molar-refractivity contribution in [1.82, 2.24) is 4.98 Å². The van der Waals surface area contributed by atoms with E-state index in [1.54, 1.807) is 18.3 Å². The molecule has 0 atom stereocenters.